The molecule has 1 heterocycles. The standard InChI is InChI=1S/C15H16ClNOS/c16-13-6-5-12(19-13)14(18)15(9-17)7-10-3-1-2-4-11(10)8-15/h1-6,14,18H,7-9,17H2. The second-order valence-electron chi connectivity index (χ2n) is 5.23. The number of thiophene rings is 1. The number of fused-ring (bicyclic) bond motifs is 1. The Kier molecular flexibility index (Phi) is 3.39. The highest BCUT2D eigenvalue weighted by Crippen LogP contribution is 2.46. The van der Waals surface area contributed by atoms with Gasteiger partial charge in [-0.1, -0.05) is 35.9 Å². The third-order valence-corrected chi connectivity index (χ3v) is 5.34. The van der Waals surface area contributed by atoms with E-state index >= 15 is 0 Å². The third-order valence-electron chi connectivity index (χ3n) is 4.05. The van der Waals surface area contributed by atoms with Gasteiger partial charge < -0.3 is 10.8 Å². The molecule has 3 N–H and O–H groups in total. The van der Waals surface area contributed by atoms with E-state index in [1.54, 1.807) is 0 Å². The Morgan fingerprint density at radius 1 is 1.21 bits per heavy atom. The van der Waals surface area contributed by atoms with E-state index in [4.69, 9.17) is 17.3 Å². The summed E-state index contributed by atoms with van der Waals surface area (Å²) in [6, 6.07) is 12.1. The van der Waals surface area contributed by atoms with Gasteiger partial charge in [0.05, 0.1) is 10.4 Å². The Hall–Kier alpha value is -0.870. The zero-order valence-electron chi connectivity index (χ0n) is 10.5. The fourth-order valence-electron chi connectivity index (χ4n) is 2.95. The Balaban J connectivity index is 1.94. The van der Waals surface area contributed by atoms with Gasteiger partial charge in [-0.25, -0.2) is 0 Å². The minimum atomic E-state index is -0.553. The summed E-state index contributed by atoms with van der Waals surface area (Å²) in [5.41, 5.74) is 8.31. The van der Waals surface area contributed by atoms with Crippen LogP contribution >= 0.6 is 22.9 Å². The van der Waals surface area contributed by atoms with Gasteiger partial charge in [-0.05, 0) is 36.1 Å². The number of aliphatic hydroxyl groups is 1. The second-order valence-corrected chi connectivity index (χ2v) is 6.98. The van der Waals surface area contributed by atoms with Gasteiger partial charge in [0.2, 0.25) is 0 Å². The lowest BCUT2D eigenvalue weighted by Crippen LogP contribution is -2.37. The number of hydrogen-bond donors (Lipinski definition) is 2. The molecule has 2 aromatic rings. The first kappa shape index (κ1) is 13.1. The minimum Gasteiger partial charge on any atom is -0.387 e. The van der Waals surface area contributed by atoms with Crippen LogP contribution < -0.4 is 5.73 Å². The van der Waals surface area contributed by atoms with Crippen LogP contribution in [0.4, 0.5) is 0 Å². The summed E-state index contributed by atoms with van der Waals surface area (Å²) in [4.78, 5) is 0.906. The molecule has 1 aromatic heterocycles. The lowest BCUT2D eigenvalue weighted by atomic mass is 9.78. The van der Waals surface area contributed by atoms with Crippen molar-refractivity contribution in [3.63, 3.8) is 0 Å². The largest absolute Gasteiger partial charge is 0.387 e. The Morgan fingerprint density at radius 3 is 2.32 bits per heavy atom. The summed E-state index contributed by atoms with van der Waals surface area (Å²) in [6.45, 7) is 0.471. The summed E-state index contributed by atoms with van der Waals surface area (Å²) in [6.07, 6.45) is 1.11. The van der Waals surface area contributed by atoms with Crippen molar-refractivity contribution in [3.8, 4) is 0 Å². The number of aliphatic hydroxyl groups excluding tert-OH is 1. The molecule has 1 aliphatic rings. The van der Waals surface area contributed by atoms with E-state index < -0.39 is 6.10 Å². The zero-order chi connectivity index (χ0) is 13.5. The van der Waals surface area contributed by atoms with Crippen LogP contribution in [-0.2, 0) is 12.8 Å². The highest BCUT2D eigenvalue weighted by Gasteiger charge is 2.43. The molecule has 1 aliphatic carbocycles. The molecule has 0 spiro atoms. The zero-order valence-corrected chi connectivity index (χ0v) is 12.0. The average Bonchev–Trinajstić information content (AvgIpc) is 3.01. The van der Waals surface area contributed by atoms with Crippen molar-refractivity contribution in [2.24, 2.45) is 11.1 Å². The molecule has 1 aromatic carbocycles. The van der Waals surface area contributed by atoms with Gasteiger partial charge >= 0.3 is 0 Å². The van der Waals surface area contributed by atoms with Gasteiger partial charge in [-0.2, -0.15) is 0 Å². The van der Waals surface area contributed by atoms with Crippen LogP contribution in [0.25, 0.3) is 0 Å². The molecule has 0 saturated heterocycles. The van der Waals surface area contributed by atoms with Crippen molar-refractivity contribution in [2.75, 3.05) is 6.54 Å². The number of hydrogen-bond acceptors (Lipinski definition) is 3. The monoisotopic (exact) mass is 293 g/mol. The molecule has 19 heavy (non-hydrogen) atoms. The fourth-order valence-corrected chi connectivity index (χ4v) is 4.14. The normalized spacial score (nSPS) is 18.3. The molecule has 1 unspecified atom stereocenters. The smallest absolute Gasteiger partial charge is 0.0956 e. The maximum absolute atomic E-state index is 10.7. The Morgan fingerprint density at radius 2 is 1.84 bits per heavy atom. The topological polar surface area (TPSA) is 46.2 Å². The van der Waals surface area contributed by atoms with Gasteiger partial charge in [0.15, 0.2) is 0 Å². The predicted octanol–water partition coefficient (Wildman–Crippen LogP) is 3.18. The molecule has 100 valence electrons. The van der Waals surface area contributed by atoms with E-state index in [2.05, 4.69) is 12.1 Å². The lowest BCUT2D eigenvalue weighted by Gasteiger charge is -2.32. The molecule has 0 radical (unpaired) electrons. The second kappa shape index (κ2) is 4.91. The van der Waals surface area contributed by atoms with E-state index in [-0.39, 0.29) is 5.41 Å². The maximum atomic E-state index is 10.7. The first-order valence-electron chi connectivity index (χ1n) is 6.35. The molecule has 0 fully saturated rings. The molecular weight excluding hydrogens is 278 g/mol. The van der Waals surface area contributed by atoms with Gasteiger partial charge in [-0.3, -0.25) is 0 Å². The summed E-state index contributed by atoms with van der Waals surface area (Å²) < 4.78 is 0.705. The van der Waals surface area contributed by atoms with Crippen molar-refractivity contribution >= 4 is 22.9 Å². The van der Waals surface area contributed by atoms with Crippen molar-refractivity contribution in [3.05, 3.63) is 56.7 Å². The van der Waals surface area contributed by atoms with Crippen LogP contribution in [0.15, 0.2) is 36.4 Å². The van der Waals surface area contributed by atoms with Crippen LogP contribution in [0.3, 0.4) is 0 Å². The van der Waals surface area contributed by atoms with Crippen LogP contribution in [-0.4, -0.2) is 11.7 Å². The van der Waals surface area contributed by atoms with E-state index in [0.717, 1.165) is 17.7 Å². The number of rotatable bonds is 3. The first-order valence-corrected chi connectivity index (χ1v) is 7.54. The summed E-state index contributed by atoms with van der Waals surface area (Å²) in [7, 11) is 0. The molecule has 0 amide bonds. The van der Waals surface area contributed by atoms with Gasteiger partial charge in [-0.15, -0.1) is 11.3 Å². The number of nitrogens with two attached hydrogens (primary N) is 1. The van der Waals surface area contributed by atoms with Crippen molar-refractivity contribution < 1.29 is 5.11 Å². The van der Waals surface area contributed by atoms with Crippen LogP contribution in [0.1, 0.15) is 22.1 Å². The summed E-state index contributed by atoms with van der Waals surface area (Å²) >= 11 is 7.40. The van der Waals surface area contributed by atoms with Gasteiger partial charge in [0, 0.05) is 16.8 Å². The molecule has 0 bridgehead atoms. The molecular formula is C15H16ClNOS. The van der Waals surface area contributed by atoms with Crippen molar-refractivity contribution in [1.82, 2.24) is 0 Å². The first-order chi connectivity index (χ1) is 9.14. The van der Waals surface area contributed by atoms with Crippen molar-refractivity contribution in [1.29, 1.82) is 0 Å². The summed E-state index contributed by atoms with van der Waals surface area (Å²) in [5.74, 6) is 0. The van der Waals surface area contributed by atoms with Gasteiger partial charge in [0.1, 0.15) is 0 Å². The lowest BCUT2D eigenvalue weighted by molar-refractivity contribution is 0.0387. The minimum absolute atomic E-state index is 0.294. The van der Waals surface area contributed by atoms with E-state index in [1.807, 2.05) is 24.3 Å². The Bertz CT molecular complexity index is 570. The predicted molar refractivity (Wildman–Crippen MR) is 79.6 cm³/mol. The van der Waals surface area contributed by atoms with Crippen LogP contribution in [0.2, 0.25) is 4.34 Å². The van der Waals surface area contributed by atoms with Gasteiger partial charge in [0.25, 0.3) is 0 Å². The average molecular weight is 294 g/mol. The quantitative estimate of drug-likeness (QED) is 0.913. The molecule has 4 heteroatoms. The van der Waals surface area contributed by atoms with E-state index in [9.17, 15) is 5.11 Å². The molecule has 0 aliphatic heterocycles. The number of benzene rings is 1. The molecule has 0 saturated carbocycles. The SMILES string of the molecule is NCC1(C(O)c2ccc(Cl)s2)Cc2ccccc2C1. The van der Waals surface area contributed by atoms with E-state index in [0.29, 0.717) is 10.9 Å². The maximum Gasteiger partial charge on any atom is 0.0956 e. The third kappa shape index (κ3) is 2.21. The van der Waals surface area contributed by atoms with Crippen molar-refractivity contribution in [2.45, 2.75) is 18.9 Å². The van der Waals surface area contributed by atoms with Crippen LogP contribution in [0.5, 0.6) is 0 Å². The Labute approximate surface area is 121 Å². The molecule has 3 rings (SSSR count). The van der Waals surface area contributed by atoms with Crippen LogP contribution in [0, 0.1) is 5.41 Å². The fraction of sp³-hybridized carbons (Fsp3) is 0.333. The summed E-state index contributed by atoms with van der Waals surface area (Å²) in [5, 5.41) is 10.7. The number of halogens is 1. The van der Waals surface area contributed by atoms with E-state index in [1.165, 1.54) is 22.5 Å². The molecule has 2 nitrogen and oxygen atoms in total. The highest BCUT2D eigenvalue weighted by molar-refractivity contribution is 7.16. The molecule has 1 atom stereocenters. The highest BCUT2D eigenvalue weighted by atomic mass is 35.5.